The van der Waals surface area contributed by atoms with Crippen LogP contribution in [0.3, 0.4) is 0 Å². The van der Waals surface area contributed by atoms with E-state index in [4.69, 9.17) is 9.72 Å². The Morgan fingerprint density at radius 2 is 1.24 bits per heavy atom. The number of fused-ring (bicyclic) bond motifs is 4. The fourth-order valence-corrected chi connectivity index (χ4v) is 4.76. The standard InChI is InChI=1S/C29H20N2O3/c32-27-22-15-7-8-16-23(22)28(33)34-29(20-11-3-1-4-12-20,21-13-5-2-6-14-21)19-26-30-24-17-9-10-18-25(24)31(26)27/h1-18H,19H2. The molecule has 0 unspecified atom stereocenters. The third-order valence-corrected chi connectivity index (χ3v) is 6.36. The van der Waals surface area contributed by atoms with E-state index in [2.05, 4.69) is 0 Å². The van der Waals surface area contributed by atoms with Gasteiger partial charge in [0.05, 0.1) is 28.6 Å². The molecule has 0 bridgehead atoms. The van der Waals surface area contributed by atoms with E-state index < -0.39 is 11.6 Å². The largest absolute Gasteiger partial charge is 0.445 e. The summed E-state index contributed by atoms with van der Waals surface area (Å²) in [4.78, 5) is 32.3. The highest BCUT2D eigenvalue weighted by Gasteiger charge is 2.43. The number of rotatable bonds is 2. The van der Waals surface area contributed by atoms with Crippen molar-refractivity contribution in [3.63, 3.8) is 0 Å². The molecule has 4 aromatic carbocycles. The van der Waals surface area contributed by atoms with E-state index in [1.54, 1.807) is 28.8 Å². The van der Waals surface area contributed by atoms with E-state index in [0.29, 0.717) is 16.9 Å². The zero-order chi connectivity index (χ0) is 23.1. The molecule has 1 aliphatic rings. The van der Waals surface area contributed by atoms with Crippen LogP contribution in [-0.2, 0) is 16.8 Å². The summed E-state index contributed by atoms with van der Waals surface area (Å²) in [6, 6.07) is 33.6. The minimum absolute atomic E-state index is 0.196. The number of imidazole rings is 1. The van der Waals surface area contributed by atoms with Crippen molar-refractivity contribution in [1.29, 1.82) is 0 Å². The number of aromatic nitrogens is 2. The zero-order valence-electron chi connectivity index (χ0n) is 18.2. The van der Waals surface area contributed by atoms with Crippen LogP contribution in [0.1, 0.15) is 37.7 Å². The van der Waals surface area contributed by atoms with Gasteiger partial charge in [-0.3, -0.25) is 9.36 Å². The van der Waals surface area contributed by atoms with E-state index in [1.165, 1.54) is 0 Å². The van der Waals surface area contributed by atoms with E-state index in [0.717, 1.165) is 11.1 Å². The molecule has 0 radical (unpaired) electrons. The molecule has 34 heavy (non-hydrogen) atoms. The van der Waals surface area contributed by atoms with E-state index in [1.807, 2.05) is 84.9 Å². The lowest BCUT2D eigenvalue weighted by Crippen LogP contribution is -2.37. The summed E-state index contributed by atoms with van der Waals surface area (Å²) >= 11 is 0. The maximum Gasteiger partial charge on any atom is 0.340 e. The minimum atomic E-state index is -1.18. The van der Waals surface area contributed by atoms with Gasteiger partial charge >= 0.3 is 5.97 Å². The van der Waals surface area contributed by atoms with Crippen LogP contribution in [0.2, 0.25) is 0 Å². The predicted octanol–water partition coefficient (Wildman–Crippen LogP) is 5.38. The van der Waals surface area contributed by atoms with Crippen molar-refractivity contribution in [3.8, 4) is 0 Å². The average molecular weight is 444 g/mol. The number of hydrogen-bond acceptors (Lipinski definition) is 4. The molecule has 1 aliphatic heterocycles. The number of nitrogens with zero attached hydrogens (tertiary/aromatic N) is 2. The molecule has 5 nitrogen and oxygen atoms in total. The molecule has 1 aromatic heterocycles. The summed E-state index contributed by atoms with van der Waals surface area (Å²) < 4.78 is 8.04. The monoisotopic (exact) mass is 444 g/mol. The van der Waals surface area contributed by atoms with Crippen LogP contribution in [0, 0.1) is 0 Å². The molecule has 0 saturated carbocycles. The van der Waals surface area contributed by atoms with E-state index in [-0.39, 0.29) is 23.5 Å². The third-order valence-electron chi connectivity index (χ3n) is 6.36. The number of para-hydroxylation sites is 2. The summed E-state index contributed by atoms with van der Waals surface area (Å²) in [7, 11) is 0. The number of hydrogen-bond donors (Lipinski definition) is 0. The van der Waals surface area contributed by atoms with Crippen molar-refractivity contribution < 1.29 is 14.3 Å². The summed E-state index contributed by atoms with van der Waals surface area (Å²) in [5.41, 5.74) is 2.35. The fraction of sp³-hybridized carbons (Fsp3) is 0.0690. The van der Waals surface area contributed by atoms with Crippen LogP contribution in [-0.4, -0.2) is 21.4 Å². The molecular formula is C29H20N2O3. The highest BCUT2D eigenvalue weighted by Crippen LogP contribution is 2.39. The summed E-state index contributed by atoms with van der Waals surface area (Å²) in [6.45, 7) is 0. The van der Waals surface area contributed by atoms with Gasteiger partial charge in [-0.25, -0.2) is 9.78 Å². The lowest BCUT2D eigenvalue weighted by molar-refractivity contribution is -0.00222. The van der Waals surface area contributed by atoms with Crippen molar-refractivity contribution in [1.82, 2.24) is 9.55 Å². The van der Waals surface area contributed by atoms with Crippen LogP contribution >= 0.6 is 0 Å². The van der Waals surface area contributed by atoms with E-state index in [9.17, 15) is 9.59 Å². The molecule has 2 heterocycles. The Kier molecular flexibility index (Phi) is 4.62. The number of carbonyl (C=O) groups excluding carboxylic acids is 2. The second-order valence-electron chi connectivity index (χ2n) is 8.33. The first-order valence-electron chi connectivity index (χ1n) is 11.1. The molecule has 5 aromatic rings. The fourth-order valence-electron chi connectivity index (χ4n) is 4.76. The summed E-state index contributed by atoms with van der Waals surface area (Å²) in [6.07, 6.45) is 0.196. The van der Waals surface area contributed by atoms with Gasteiger partial charge < -0.3 is 4.74 Å². The van der Waals surface area contributed by atoms with Crippen molar-refractivity contribution >= 4 is 22.9 Å². The average Bonchev–Trinajstić information content (AvgIpc) is 3.27. The third kappa shape index (κ3) is 3.05. The van der Waals surface area contributed by atoms with Gasteiger partial charge in [-0.2, -0.15) is 0 Å². The normalized spacial score (nSPS) is 14.9. The van der Waals surface area contributed by atoms with Gasteiger partial charge in [0, 0.05) is 11.1 Å². The van der Waals surface area contributed by atoms with Crippen LogP contribution in [0.5, 0.6) is 0 Å². The molecule has 0 N–H and O–H groups in total. The zero-order valence-corrected chi connectivity index (χ0v) is 18.2. The number of cyclic esters (lactones) is 1. The Morgan fingerprint density at radius 1 is 0.676 bits per heavy atom. The van der Waals surface area contributed by atoms with Crippen molar-refractivity contribution in [3.05, 3.63) is 137 Å². The van der Waals surface area contributed by atoms with Gasteiger partial charge in [0.2, 0.25) is 0 Å². The lowest BCUT2D eigenvalue weighted by Gasteiger charge is -2.34. The Hall–Kier alpha value is -4.51. The molecule has 5 heteroatoms. The van der Waals surface area contributed by atoms with Crippen molar-refractivity contribution in [2.45, 2.75) is 12.0 Å². The Morgan fingerprint density at radius 3 is 1.91 bits per heavy atom. The smallest absolute Gasteiger partial charge is 0.340 e. The summed E-state index contributed by atoms with van der Waals surface area (Å²) in [5.74, 6) is -0.316. The number of carbonyl (C=O) groups is 2. The minimum Gasteiger partial charge on any atom is -0.445 e. The first-order valence-corrected chi connectivity index (χ1v) is 11.1. The molecule has 0 atom stereocenters. The van der Waals surface area contributed by atoms with Gasteiger partial charge in [-0.15, -0.1) is 0 Å². The molecule has 0 fully saturated rings. The van der Waals surface area contributed by atoms with Crippen LogP contribution in [0.25, 0.3) is 11.0 Å². The van der Waals surface area contributed by atoms with Gasteiger partial charge in [0.1, 0.15) is 5.82 Å². The van der Waals surface area contributed by atoms with Gasteiger partial charge in [-0.1, -0.05) is 84.9 Å². The number of ether oxygens (including phenoxy) is 1. The number of benzene rings is 4. The molecule has 0 spiro atoms. The number of esters is 1. The second kappa shape index (κ2) is 7.81. The molecule has 6 rings (SSSR count). The molecule has 164 valence electrons. The lowest BCUT2D eigenvalue weighted by atomic mass is 9.82. The molecule has 0 saturated heterocycles. The first-order chi connectivity index (χ1) is 16.7. The van der Waals surface area contributed by atoms with Crippen LogP contribution < -0.4 is 0 Å². The van der Waals surface area contributed by atoms with Crippen molar-refractivity contribution in [2.24, 2.45) is 0 Å². The second-order valence-corrected chi connectivity index (χ2v) is 8.33. The van der Waals surface area contributed by atoms with Gasteiger partial charge in [0.25, 0.3) is 5.91 Å². The maximum atomic E-state index is 13.9. The molecule has 0 amide bonds. The van der Waals surface area contributed by atoms with Gasteiger partial charge in [-0.05, 0) is 24.3 Å². The van der Waals surface area contributed by atoms with Crippen LogP contribution in [0.4, 0.5) is 0 Å². The highest BCUT2D eigenvalue weighted by molar-refractivity contribution is 6.09. The molecule has 0 aliphatic carbocycles. The Bertz CT molecular complexity index is 1500. The van der Waals surface area contributed by atoms with E-state index >= 15 is 0 Å². The maximum absolute atomic E-state index is 13.9. The SMILES string of the molecule is O=C1OC(c2ccccc2)(c2ccccc2)Cc2nc3ccccc3n2C(=O)c2ccccc21. The topological polar surface area (TPSA) is 61.2 Å². The van der Waals surface area contributed by atoms with Crippen LogP contribution in [0.15, 0.2) is 109 Å². The summed E-state index contributed by atoms with van der Waals surface area (Å²) in [5, 5.41) is 0. The highest BCUT2D eigenvalue weighted by atomic mass is 16.6. The quantitative estimate of drug-likeness (QED) is 0.343. The predicted molar refractivity (Wildman–Crippen MR) is 129 cm³/mol. The Labute approximate surface area is 196 Å². The van der Waals surface area contributed by atoms with Crippen molar-refractivity contribution in [2.75, 3.05) is 0 Å². The van der Waals surface area contributed by atoms with Gasteiger partial charge in [0.15, 0.2) is 5.60 Å². The Balaban J connectivity index is 1.72. The first kappa shape index (κ1) is 20.1. The molecular weight excluding hydrogens is 424 g/mol.